The molecule has 0 saturated heterocycles. The van der Waals surface area contributed by atoms with Crippen molar-refractivity contribution in [2.45, 2.75) is 19.3 Å². The molecular formula is C83H54. The van der Waals surface area contributed by atoms with E-state index >= 15 is 0 Å². The summed E-state index contributed by atoms with van der Waals surface area (Å²) in [4.78, 5) is 0. The van der Waals surface area contributed by atoms with Crippen LogP contribution in [-0.4, -0.2) is 0 Å². The number of hydrogen-bond donors (Lipinski definition) is 0. The fourth-order valence-electron chi connectivity index (χ4n) is 14.4. The molecule has 16 aromatic carbocycles. The predicted octanol–water partition coefficient (Wildman–Crippen LogP) is 23.2. The molecule has 0 saturated carbocycles. The second kappa shape index (κ2) is 18.3. The molecule has 386 valence electrons. The summed E-state index contributed by atoms with van der Waals surface area (Å²) in [6, 6.07) is 110. The minimum absolute atomic E-state index is 0.254. The Morgan fingerprint density at radius 2 is 0.422 bits per heavy atom. The molecule has 0 spiro atoms. The maximum absolute atomic E-state index is 2.49. The molecule has 0 aliphatic heterocycles. The van der Waals surface area contributed by atoms with E-state index in [1.165, 1.54) is 175 Å². The average molecular weight is 1050 g/mol. The number of rotatable bonds is 6. The van der Waals surface area contributed by atoms with Crippen LogP contribution in [0.2, 0.25) is 0 Å². The lowest BCUT2D eigenvalue weighted by Gasteiger charge is -2.23. The molecule has 0 atom stereocenters. The van der Waals surface area contributed by atoms with Crippen molar-refractivity contribution in [1.29, 1.82) is 0 Å². The molecule has 0 heterocycles. The van der Waals surface area contributed by atoms with Gasteiger partial charge in [0, 0.05) is 5.41 Å². The van der Waals surface area contributed by atoms with Crippen molar-refractivity contribution in [3.63, 3.8) is 0 Å². The molecule has 16 aromatic rings. The van der Waals surface area contributed by atoms with Crippen LogP contribution in [0.25, 0.3) is 164 Å². The Labute approximate surface area is 482 Å². The second-order valence-electron chi connectivity index (χ2n) is 23.5. The van der Waals surface area contributed by atoms with Crippen LogP contribution in [-0.2, 0) is 5.41 Å². The molecule has 0 bridgehead atoms. The van der Waals surface area contributed by atoms with Crippen LogP contribution in [0.15, 0.2) is 291 Å². The number of fused-ring (bicyclic) bond motifs is 11. The topological polar surface area (TPSA) is 0 Å². The second-order valence-corrected chi connectivity index (χ2v) is 23.5. The zero-order valence-corrected chi connectivity index (χ0v) is 46.2. The first kappa shape index (κ1) is 47.4. The molecule has 0 heteroatoms. The highest BCUT2D eigenvalue weighted by Gasteiger charge is 2.36. The first-order valence-corrected chi connectivity index (χ1v) is 29.1. The van der Waals surface area contributed by atoms with Gasteiger partial charge in [-0.3, -0.25) is 0 Å². The Morgan fingerprint density at radius 1 is 0.181 bits per heavy atom. The minimum atomic E-state index is -0.254. The van der Waals surface area contributed by atoms with E-state index in [-0.39, 0.29) is 5.41 Å². The first-order valence-electron chi connectivity index (χ1n) is 29.1. The highest BCUT2D eigenvalue weighted by Crippen LogP contribution is 2.53. The van der Waals surface area contributed by atoms with Crippen molar-refractivity contribution >= 4 is 86.2 Å². The highest BCUT2D eigenvalue weighted by molar-refractivity contribution is 6.24. The summed E-state index contributed by atoms with van der Waals surface area (Å²) in [6.07, 6.45) is 0. The monoisotopic (exact) mass is 1050 g/mol. The van der Waals surface area contributed by atoms with Crippen LogP contribution in [0.3, 0.4) is 0 Å². The normalized spacial score (nSPS) is 12.8. The summed E-state index contributed by atoms with van der Waals surface area (Å²) >= 11 is 0. The van der Waals surface area contributed by atoms with Gasteiger partial charge in [0.25, 0.3) is 0 Å². The molecule has 17 rings (SSSR count). The van der Waals surface area contributed by atoms with Crippen molar-refractivity contribution < 1.29 is 0 Å². The Balaban J connectivity index is 0.813. The van der Waals surface area contributed by atoms with E-state index in [4.69, 9.17) is 0 Å². The van der Waals surface area contributed by atoms with Crippen molar-refractivity contribution in [3.8, 4) is 77.9 Å². The molecule has 1 aliphatic carbocycles. The van der Waals surface area contributed by atoms with Crippen LogP contribution in [0.5, 0.6) is 0 Å². The van der Waals surface area contributed by atoms with Gasteiger partial charge in [-0.15, -0.1) is 0 Å². The molecule has 0 N–H and O–H groups in total. The third-order valence-corrected chi connectivity index (χ3v) is 18.5. The van der Waals surface area contributed by atoms with E-state index in [2.05, 4.69) is 305 Å². The quantitative estimate of drug-likeness (QED) is 0.146. The van der Waals surface area contributed by atoms with Gasteiger partial charge in [0.05, 0.1) is 0 Å². The Bertz CT molecular complexity index is 5080. The largest absolute Gasteiger partial charge is 0.0616 e. The van der Waals surface area contributed by atoms with Crippen LogP contribution in [0, 0.1) is 0 Å². The average Bonchev–Trinajstić information content (AvgIpc) is 3.27. The third-order valence-electron chi connectivity index (χ3n) is 18.5. The van der Waals surface area contributed by atoms with E-state index in [0.29, 0.717) is 0 Å². The summed E-state index contributed by atoms with van der Waals surface area (Å²) in [5.74, 6) is 0. The lowest BCUT2D eigenvalue weighted by atomic mass is 9.80. The third kappa shape index (κ3) is 7.46. The minimum Gasteiger partial charge on any atom is -0.0616 e. The van der Waals surface area contributed by atoms with Gasteiger partial charge in [-0.25, -0.2) is 0 Å². The van der Waals surface area contributed by atoms with E-state index in [1.807, 2.05) is 0 Å². The zero-order chi connectivity index (χ0) is 54.9. The molecule has 0 fully saturated rings. The van der Waals surface area contributed by atoms with Gasteiger partial charge < -0.3 is 0 Å². The lowest BCUT2D eigenvalue weighted by molar-refractivity contribution is 0.661. The maximum atomic E-state index is 2.49. The molecule has 0 nitrogen and oxygen atoms in total. The predicted molar refractivity (Wildman–Crippen MR) is 357 cm³/mol. The van der Waals surface area contributed by atoms with Gasteiger partial charge in [0.2, 0.25) is 0 Å². The van der Waals surface area contributed by atoms with Gasteiger partial charge in [0.1, 0.15) is 0 Å². The smallest absolute Gasteiger partial charge is 0.0159 e. The van der Waals surface area contributed by atoms with Crippen LogP contribution >= 0.6 is 0 Å². The summed E-state index contributed by atoms with van der Waals surface area (Å²) in [7, 11) is 0. The maximum Gasteiger partial charge on any atom is 0.0159 e. The van der Waals surface area contributed by atoms with E-state index in [9.17, 15) is 0 Å². The fourth-order valence-corrected chi connectivity index (χ4v) is 14.4. The molecule has 1 aliphatic rings. The van der Waals surface area contributed by atoms with Gasteiger partial charge in [-0.05, 0) is 224 Å². The summed E-state index contributed by atoms with van der Waals surface area (Å²) in [6.45, 7) is 4.84. The van der Waals surface area contributed by atoms with Gasteiger partial charge in [-0.2, -0.15) is 0 Å². The number of hydrogen-bond acceptors (Lipinski definition) is 0. The Morgan fingerprint density at radius 3 is 0.747 bits per heavy atom. The van der Waals surface area contributed by atoms with Crippen LogP contribution < -0.4 is 0 Å². The van der Waals surface area contributed by atoms with Gasteiger partial charge in [0.15, 0.2) is 0 Å². The van der Waals surface area contributed by atoms with E-state index in [0.717, 1.165) is 0 Å². The van der Waals surface area contributed by atoms with Crippen molar-refractivity contribution in [3.05, 3.63) is 302 Å². The van der Waals surface area contributed by atoms with Crippen molar-refractivity contribution in [2.24, 2.45) is 0 Å². The Kier molecular flexibility index (Phi) is 10.5. The van der Waals surface area contributed by atoms with E-state index in [1.54, 1.807) is 0 Å². The lowest BCUT2D eigenvalue weighted by Crippen LogP contribution is -2.15. The Hall–Kier alpha value is -10.4. The molecule has 0 aromatic heterocycles. The SMILES string of the molecule is CC1(C)c2cc(-c3ccc4c(-c5ccc6ccccc6c5)c5ccccc5c(-c5ccc6ccccc6c5)c4c3)ccc2-c2ccc(-c3ccc4c(-c5ccc6ccccc6c5)c5ccccc5c(-c5ccc6ccccc6c5)c4c3)cc21. The summed E-state index contributed by atoms with van der Waals surface area (Å²) in [5.41, 5.74) is 19.9. The zero-order valence-electron chi connectivity index (χ0n) is 46.2. The van der Waals surface area contributed by atoms with E-state index < -0.39 is 0 Å². The highest BCUT2D eigenvalue weighted by atomic mass is 14.4. The van der Waals surface area contributed by atoms with Gasteiger partial charge in [-0.1, -0.05) is 257 Å². The molecule has 0 amide bonds. The van der Waals surface area contributed by atoms with Crippen molar-refractivity contribution in [1.82, 2.24) is 0 Å². The number of benzene rings is 16. The molecule has 0 radical (unpaired) electrons. The standard InChI is InChI=1S/C83H54/c1-83(2)77-49-61(59-37-41-73-75(47-59)81(65-33-29-53-17-5-9-21-57(53)45-65)71-25-13-11-23-69(71)79(73)63-31-27-51-15-3-7-19-55(51)43-63)35-39-67(77)68-40-36-62(50-78(68)83)60-38-42-74-76(48-60)82(66-34-30-54-18-6-10-22-58(54)46-66)72-26-14-12-24-70(72)80(74)64-32-28-52-16-4-8-20-56(52)44-64/h3-50H,1-2H3. The van der Waals surface area contributed by atoms with Crippen LogP contribution in [0.1, 0.15) is 25.0 Å². The van der Waals surface area contributed by atoms with Gasteiger partial charge >= 0.3 is 0 Å². The first-order chi connectivity index (χ1) is 40.9. The molecule has 83 heavy (non-hydrogen) atoms. The summed E-state index contributed by atoms with van der Waals surface area (Å²) in [5, 5.41) is 20.0. The molecular weight excluding hydrogens is 997 g/mol. The fraction of sp³-hybridized carbons (Fsp3) is 0.0361. The van der Waals surface area contributed by atoms with Crippen LogP contribution in [0.4, 0.5) is 0 Å². The van der Waals surface area contributed by atoms with Crippen molar-refractivity contribution in [2.75, 3.05) is 0 Å². The summed E-state index contributed by atoms with van der Waals surface area (Å²) < 4.78 is 0. The molecule has 0 unspecified atom stereocenters.